The summed E-state index contributed by atoms with van der Waals surface area (Å²) in [6.45, 7) is 3.58. The summed E-state index contributed by atoms with van der Waals surface area (Å²) in [5.74, 6) is 0.923. The third-order valence-electron chi connectivity index (χ3n) is 5.80. The van der Waals surface area contributed by atoms with Gasteiger partial charge in [-0.1, -0.05) is 24.1 Å². The molecule has 2 aromatic heterocycles. The SMILES string of the molecule is COC1CN(Cc2cn(CCCCCCSc3ccnc4cc(C(F)(F)F)ccc34)nn2)C1. The number of likely N-dealkylation sites (tertiary alicyclic amines) is 1. The number of methoxy groups -OCH3 is 1. The Kier molecular flexibility index (Phi) is 7.87. The van der Waals surface area contributed by atoms with Crippen molar-refractivity contribution in [2.24, 2.45) is 0 Å². The first-order chi connectivity index (χ1) is 15.9. The van der Waals surface area contributed by atoms with Crippen molar-refractivity contribution in [3.05, 3.63) is 47.9 Å². The Morgan fingerprint density at radius 2 is 1.94 bits per heavy atom. The number of fused-ring (bicyclic) bond motifs is 1. The summed E-state index contributed by atoms with van der Waals surface area (Å²) in [5, 5.41) is 9.24. The van der Waals surface area contributed by atoms with E-state index in [-0.39, 0.29) is 0 Å². The predicted molar refractivity (Wildman–Crippen MR) is 122 cm³/mol. The number of hydrogen-bond acceptors (Lipinski definition) is 6. The van der Waals surface area contributed by atoms with Gasteiger partial charge in [0.1, 0.15) is 0 Å². The molecular weight excluding hydrogens is 451 g/mol. The zero-order valence-corrected chi connectivity index (χ0v) is 19.4. The van der Waals surface area contributed by atoms with Gasteiger partial charge in [-0.3, -0.25) is 14.6 Å². The standard InChI is InChI=1S/C23H28F3N5OS/c1-32-19-15-30(16-19)13-18-14-31(29-28-18)10-4-2-3-5-11-33-22-8-9-27-21-12-17(23(24,25)26)6-7-20(21)22/h6-9,12,14,19H,2-5,10-11,13,15-16H2,1H3. The van der Waals surface area contributed by atoms with Gasteiger partial charge >= 0.3 is 6.18 Å². The highest BCUT2D eigenvalue weighted by molar-refractivity contribution is 7.99. The summed E-state index contributed by atoms with van der Waals surface area (Å²) in [5.41, 5.74) is 0.715. The molecule has 0 radical (unpaired) electrons. The molecule has 0 aliphatic carbocycles. The van der Waals surface area contributed by atoms with Crippen LogP contribution in [0.15, 0.2) is 41.6 Å². The van der Waals surface area contributed by atoms with Crippen LogP contribution in [0.4, 0.5) is 13.2 Å². The van der Waals surface area contributed by atoms with E-state index in [9.17, 15) is 13.2 Å². The van der Waals surface area contributed by atoms with Crippen LogP contribution in [-0.2, 0) is 24.0 Å². The third-order valence-corrected chi connectivity index (χ3v) is 6.96. The maximum Gasteiger partial charge on any atom is 0.416 e. The maximum absolute atomic E-state index is 12.9. The van der Waals surface area contributed by atoms with Crippen LogP contribution in [0.2, 0.25) is 0 Å². The topological polar surface area (TPSA) is 56.1 Å². The molecule has 0 N–H and O–H groups in total. The summed E-state index contributed by atoms with van der Waals surface area (Å²) in [6, 6.07) is 5.65. The summed E-state index contributed by atoms with van der Waals surface area (Å²) in [4.78, 5) is 7.38. The second-order valence-corrected chi connectivity index (χ2v) is 9.46. The molecule has 3 heterocycles. The van der Waals surface area contributed by atoms with Crippen LogP contribution in [0, 0.1) is 0 Å². The summed E-state index contributed by atoms with van der Waals surface area (Å²) >= 11 is 1.67. The monoisotopic (exact) mass is 479 g/mol. The molecule has 1 aromatic carbocycles. The first-order valence-corrected chi connectivity index (χ1v) is 12.1. The van der Waals surface area contributed by atoms with E-state index < -0.39 is 11.7 Å². The lowest BCUT2D eigenvalue weighted by molar-refractivity contribution is -0.137. The average molecular weight is 480 g/mol. The number of ether oxygens (including phenoxy) is 1. The zero-order valence-electron chi connectivity index (χ0n) is 18.6. The average Bonchev–Trinajstić information content (AvgIpc) is 3.21. The molecule has 0 unspecified atom stereocenters. The predicted octanol–water partition coefficient (Wildman–Crippen LogP) is 5.03. The number of thioether (sulfide) groups is 1. The first-order valence-electron chi connectivity index (χ1n) is 11.2. The van der Waals surface area contributed by atoms with Crippen molar-refractivity contribution in [2.75, 3.05) is 26.0 Å². The lowest BCUT2D eigenvalue weighted by Gasteiger charge is -2.37. The lowest BCUT2D eigenvalue weighted by Crippen LogP contribution is -2.50. The number of rotatable bonds is 11. The van der Waals surface area contributed by atoms with Gasteiger partial charge in [-0.2, -0.15) is 13.2 Å². The number of nitrogens with zero attached hydrogens (tertiary/aromatic N) is 5. The maximum atomic E-state index is 12.9. The highest BCUT2D eigenvalue weighted by atomic mass is 32.2. The first kappa shape index (κ1) is 24.0. The van der Waals surface area contributed by atoms with Crippen LogP contribution in [0.1, 0.15) is 36.9 Å². The molecule has 0 bridgehead atoms. The molecule has 178 valence electrons. The van der Waals surface area contributed by atoms with Crippen molar-refractivity contribution < 1.29 is 17.9 Å². The number of benzene rings is 1. The molecule has 1 saturated heterocycles. The van der Waals surface area contributed by atoms with Crippen molar-refractivity contribution in [1.82, 2.24) is 24.9 Å². The molecule has 1 aliphatic heterocycles. The Morgan fingerprint density at radius 3 is 2.73 bits per heavy atom. The van der Waals surface area contributed by atoms with Crippen LogP contribution in [0.5, 0.6) is 0 Å². The number of halogens is 3. The van der Waals surface area contributed by atoms with Gasteiger partial charge in [-0.25, -0.2) is 0 Å². The van der Waals surface area contributed by atoms with Crippen LogP contribution >= 0.6 is 11.8 Å². The van der Waals surface area contributed by atoms with Crippen LogP contribution in [-0.4, -0.2) is 56.9 Å². The van der Waals surface area contributed by atoms with Crippen molar-refractivity contribution >= 4 is 22.7 Å². The molecule has 6 nitrogen and oxygen atoms in total. The Balaban J connectivity index is 1.14. The van der Waals surface area contributed by atoms with E-state index in [4.69, 9.17) is 4.74 Å². The molecule has 4 rings (SSSR count). The highest BCUT2D eigenvalue weighted by Crippen LogP contribution is 2.34. The van der Waals surface area contributed by atoms with E-state index in [0.29, 0.717) is 11.6 Å². The fraction of sp³-hybridized carbons (Fsp3) is 0.522. The van der Waals surface area contributed by atoms with E-state index >= 15 is 0 Å². The molecule has 0 saturated carbocycles. The number of hydrogen-bond donors (Lipinski definition) is 0. The Labute approximate surface area is 195 Å². The lowest BCUT2D eigenvalue weighted by atomic mass is 10.1. The van der Waals surface area contributed by atoms with Crippen LogP contribution in [0.3, 0.4) is 0 Å². The Hall–Kier alpha value is -2.17. The molecule has 0 amide bonds. The molecule has 1 fully saturated rings. The number of unbranched alkanes of at least 4 members (excludes halogenated alkanes) is 3. The van der Waals surface area contributed by atoms with Gasteiger partial charge < -0.3 is 4.74 Å². The molecular formula is C23H28F3N5OS. The summed E-state index contributed by atoms with van der Waals surface area (Å²) < 4.78 is 46.0. The second kappa shape index (κ2) is 10.8. The van der Waals surface area contributed by atoms with E-state index in [1.54, 1.807) is 25.1 Å². The van der Waals surface area contributed by atoms with E-state index in [2.05, 4.69) is 20.2 Å². The van der Waals surface area contributed by atoms with Gasteiger partial charge in [-0.05, 0) is 36.8 Å². The van der Waals surface area contributed by atoms with Crippen molar-refractivity contribution in [2.45, 2.75) is 55.9 Å². The fourth-order valence-corrected chi connectivity index (χ4v) is 4.94. The Morgan fingerprint density at radius 1 is 1.12 bits per heavy atom. The molecule has 10 heteroatoms. The second-order valence-electron chi connectivity index (χ2n) is 8.33. The largest absolute Gasteiger partial charge is 0.416 e. The molecule has 1 aliphatic rings. The summed E-state index contributed by atoms with van der Waals surface area (Å²) in [6.07, 6.45) is 3.89. The molecule has 33 heavy (non-hydrogen) atoms. The smallest absolute Gasteiger partial charge is 0.379 e. The van der Waals surface area contributed by atoms with E-state index in [0.717, 1.165) is 85.7 Å². The van der Waals surface area contributed by atoms with Gasteiger partial charge in [0.2, 0.25) is 0 Å². The van der Waals surface area contributed by atoms with E-state index in [1.807, 2.05) is 16.9 Å². The van der Waals surface area contributed by atoms with Crippen molar-refractivity contribution in [1.29, 1.82) is 0 Å². The highest BCUT2D eigenvalue weighted by Gasteiger charge is 2.30. The van der Waals surface area contributed by atoms with Gasteiger partial charge in [0, 0.05) is 56.0 Å². The number of pyridine rings is 1. The quantitative estimate of drug-likeness (QED) is 0.284. The van der Waals surface area contributed by atoms with E-state index in [1.165, 1.54) is 6.07 Å². The summed E-state index contributed by atoms with van der Waals surface area (Å²) in [7, 11) is 1.74. The van der Waals surface area contributed by atoms with Crippen molar-refractivity contribution in [3.63, 3.8) is 0 Å². The van der Waals surface area contributed by atoms with Crippen molar-refractivity contribution in [3.8, 4) is 0 Å². The van der Waals surface area contributed by atoms with Gasteiger partial charge in [0.05, 0.1) is 22.9 Å². The molecule has 0 spiro atoms. The molecule has 3 aromatic rings. The van der Waals surface area contributed by atoms with Gasteiger partial charge in [0.15, 0.2) is 0 Å². The fourth-order valence-electron chi connectivity index (χ4n) is 3.89. The normalized spacial score (nSPS) is 15.3. The molecule has 0 atom stereocenters. The van der Waals surface area contributed by atoms with Crippen LogP contribution in [0.25, 0.3) is 10.9 Å². The Bertz CT molecular complexity index is 1050. The van der Waals surface area contributed by atoms with Crippen LogP contribution < -0.4 is 0 Å². The number of alkyl halides is 3. The van der Waals surface area contributed by atoms with Gasteiger partial charge in [0.25, 0.3) is 0 Å². The minimum Gasteiger partial charge on any atom is -0.379 e. The third kappa shape index (κ3) is 6.45. The minimum atomic E-state index is -4.35. The van der Waals surface area contributed by atoms with Gasteiger partial charge in [-0.15, -0.1) is 16.9 Å². The minimum absolute atomic E-state index is 0.345. The number of aromatic nitrogens is 4. The number of aryl methyl sites for hydroxylation is 1. The zero-order chi connectivity index (χ0) is 23.3.